The van der Waals surface area contributed by atoms with Crippen molar-refractivity contribution in [3.63, 3.8) is 0 Å². The maximum absolute atomic E-state index is 12.7. The van der Waals surface area contributed by atoms with E-state index in [2.05, 4.69) is 5.10 Å². The highest BCUT2D eigenvalue weighted by molar-refractivity contribution is 6.33. The van der Waals surface area contributed by atoms with Crippen LogP contribution in [0.4, 0.5) is 10.6 Å². The third-order valence-electron chi connectivity index (χ3n) is 4.03. The fourth-order valence-electron chi connectivity index (χ4n) is 2.80. The van der Waals surface area contributed by atoms with Gasteiger partial charge in [0.15, 0.2) is 0 Å². The zero-order valence-electron chi connectivity index (χ0n) is 15.0. The largest absolute Gasteiger partial charge is 0.444 e. The number of aromatic nitrogens is 2. The molecule has 0 saturated heterocycles. The van der Waals surface area contributed by atoms with Gasteiger partial charge in [-0.15, -0.1) is 0 Å². The van der Waals surface area contributed by atoms with Crippen LogP contribution in [0, 0.1) is 0 Å². The molecule has 8 heteroatoms. The van der Waals surface area contributed by atoms with E-state index < -0.39 is 17.6 Å². The number of nitrogens with two attached hydrogens (primary N) is 1. The highest BCUT2D eigenvalue weighted by Crippen LogP contribution is 2.26. The summed E-state index contributed by atoms with van der Waals surface area (Å²) < 4.78 is 6.56. The zero-order chi connectivity index (χ0) is 19.1. The van der Waals surface area contributed by atoms with Gasteiger partial charge in [-0.1, -0.05) is 23.7 Å². The van der Waals surface area contributed by atoms with Crippen LogP contribution < -0.4 is 5.73 Å². The zero-order valence-corrected chi connectivity index (χ0v) is 15.7. The van der Waals surface area contributed by atoms with E-state index in [-0.39, 0.29) is 12.4 Å². The van der Waals surface area contributed by atoms with E-state index in [1.54, 1.807) is 29.2 Å². The lowest BCUT2D eigenvalue weighted by atomic mass is 10.1. The van der Waals surface area contributed by atoms with E-state index >= 15 is 0 Å². The van der Waals surface area contributed by atoms with Gasteiger partial charge in [-0.25, -0.2) is 4.79 Å². The molecule has 1 amide bonds. The molecule has 0 saturated carbocycles. The van der Waals surface area contributed by atoms with Crippen molar-refractivity contribution in [1.29, 1.82) is 0 Å². The van der Waals surface area contributed by atoms with Gasteiger partial charge in [0.05, 0.1) is 22.8 Å². The minimum Gasteiger partial charge on any atom is -0.444 e. The summed E-state index contributed by atoms with van der Waals surface area (Å²) >= 11 is 6.10. The van der Waals surface area contributed by atoms with E-state index in [1.807, 2.05) is 20.8 Å². The van der Waals surface area contributed by atoms with Crippen molar-refractivity contribution in [3.05, 3.63) is 46.1 Å². The fourth-order valence-corrected chi connectivity index (χ4v) is 3.02. The van der Waals surface area contributed by atoms with Gasteiger partial charge in [0, 0.05) is 12.1 Å². The highest BCUT2D eigenvalue weighted by atomic mass is 35.5. The number of hydrogen-bond donors (Lipinski definition) is 1. The third-order valence-corrected chi connectivity index (χ3v) is 4.36. The van der Waals surface area contributed by atoms with Crippen molar-refractivity contribution in [1.82, 2.24) is 14.7 Å². The summed E-state index contributed by atoms with van der Waals surface area (Å²) in [5, 5.41) is 4.66. The molecule has 26 heavy (non-hydrogen) atoms. The number of carbonyl (C=O) groups excluding carboxylic acids is 2. The average Bonchev–Trinajstić information content (AvgIpc) is 2.89. The number of benzene rings is 1. The van der Waals surface area contributed by atoms with Crippen molar-refractivity contribution in [3.8, 4) is 0 Å². The first kappa shape index (κ1) is 18.3. The molecule has 2 N–H and O–H groups in total. The standard InChI is InChI=1S/C18H21ClN4O3/c1-18(2,3)26-17(25)22-9-8-12-14(10-22)21-23(15(12)20)16(24)11-6-4-5-7-13(11)19/h4-7H,8-10,20H2,1-3H3. The second kappa shape index (κ2) is 6.64. The highest BCUT2D eigenvalue weighted by Gasteiger charge is 2.30. The van der Waals surface area contributed by atoms with Crippen LogP contribution in [-0.2, 0) is 17.7 Å². The van der Waals surface area contributed by atoms with Crippen LogP contribution in [0.3, 0.4) is 0 Å². The van der Waals surface area contributed by atoms with Crippen LogP contribution in [0.1, 0.15) is 42.4 Å². The Kier molecular flexibility index (Phi) is 4.66. The monoisotopic (exact) mass is 376 g/mol. The lowest BCUT2D eigenvalue weighted by Gasteiger charge is -2.29. The Morgan fingerprint density at radius 2 is 1.96 bits per heavy atom. The first-order valence-electron chi connectivity index (χ1n) is 8.31. The number of nitrogens with zero attached hydrogens (tertiary/aromatic N) is 3. The van der Waals surface area contributed by atoms with Gasteiger partial charge in [0.25, 0.3) is 5.91 Å². The summed E-state index contributed by atoms with van der Waals surface area (Å²) in [5.41, 5.74) is 7.27. The number of hydrogen-bond acceptors (Lipinski definition) is 5. The van der Waals surface area contributed by atoms with Crippen LogP contribution in [-0.4, -0.2) is 38.8 Å². The number of fused-ring (bicyclic) bond motifs is 1. The lowest BCUT2D eigenvalue weighted by molar-refractivity contribution is 0.0221. The molecule has 2 heterocycles. The van der Waals surface area contributed by atoms with Gasteiger partial charge in [-0.05, 0) is 39.3 Å². The second-order valence-corrected chi connectivity index (χ2v) is 7.57. The van der Waals surface area contributed by atoms with E-state index in [9.17, 15) is 9.59 Å². The van der Waals surface area contributed by atoms with Crippen molar-refractivity contribution in [2.75, 3.05) is 12.3 Å². The van der Waals surface area contributed by atoms with Crippen LogP contribution in [0.15, 0.2) is 24.3 Å². The minimum atomic E-state index is -0.574. The third kappa shape index (κ3) is 3.53. The predicted molar refractivity (Wildman–Crippen MR) is 98.2 cm³/mol. The smallest absolute Gasteiger partial charge is 0.410 e. The number of halogens is 1. The molecule has 1 aliphatic rings. The number of carbonyl (C=O) groups is 2. The molecule has 2 aromatic rings. The van der Waals surface area contributed by atoms with E-state index in [0.29, 0.717) is 29.2 Å². The predicted octanol–water partition coefficient (Wildman–Crippen LogP) is 3.10. The molecule has 0 aliphatic carbocycles. The summed E-state index contributed by atoms with van der Waals surface area (Å²) in [5.74, 6) is -0.111. The summed E-state index contributed by atoms with van der Waals surface area (Å²) in [6, 6.07) is 6.73. The number of ether oxygens (including phenoxy) is 1. The Morgan fingerprint density at radius 3 is 2.62 bits per heavy atom. The molecule has 3 rings (SSSR count). The van der Waals surface area contributed by atoms with Gasteiger partial charge in [0.2, 0.25) is 0 Å². The van der Waals surface area contributed by atoms with E-state index in [1.165, 1.54) is 0 Å². The summed E-state index contributed by atoms with van der Waals surface area (Å²) in [4.78, 5) is 26.6. The normalized spacial score (nSPS) is 14.1. The van der Waals surface area contributed by atoms with Crippen molar-refractivity contribution < 1.29 is 14.3 Å². The Bertz CT molecular complexity index is 870. The molecule has 0 spiro atoms. The van der Waals surface area contributed by atoms with Crippen LogP contribution in [0.25, 0.3) is 0 Å². The molecule has 1 aliphatic heterocycles. The summed E-state index contributed by atoms with van der Waals surface area (Å²) in [6.45, 7) is 6.15. The molecule has 1 aromatic carbocycles. The fraction of sp³-hybridized carbons (Fsp3) is 0.389. The molecular weight excluding hydrogens is 356 g/mol. The maximum Gasteiger partial charge on any atom is 0.410 e. The van der Waals surface area contributed by atoms with Gasteiger partial charge in [-0.3, -0.25) is 4.79 Å². The topological polar surface area (TPSA) is 90.5 Å². The Morgan fingerprint density at radius 1 is 1.27 bits per heavy atom. The Labute approximate surface area is 156 Å². The number of rotatable bonds is 1. The molecule has 0 unspecified atom stereocenters. The Balaban J connectivity index is 1.86. The quantitative estimate of drug-likeness (QED) is 0.825. The number of amides is 1. The van der Waals surface area contributed by atoms with Crippen molar-refractivity contribution in [2.24, 2.45) is 0 Å². The lowest BCUT2D eigenvalue weighted by Crippen LogP contribution is -2.39. The molecule has 1 aromatic heterocycles. The van der Waals surface area contributed by atoms with Crippen LogP contribution in [0.5, 0.6) is 0 Å². The average molecular weight is 377 g/mol. The maximum atomic E-state index is 12.7. The van der Waals surface area contributed by atoms with E-state index in [4.69, 9.17) is 22.1 Å². The van der Waals surface area contributed by atoms with E-state index in [0.717, 1.165) is 10.2 Å². The molecule has 0 fully saturated rings. The van der Waals surface area contributed by atoms with Gasteiger partial charge >= 0.3 is 6.09 Å². The molecule has 0 bridgehead atoms. The van der Waals surface area contributed by atoms with Crippen molar-refractivity contribution >= 4 is 29.4 Å². The Hall–Kier alpha value is -2.54. The summed E-state index contributed by atoms with van der Waals surface area (Å²) in [6.07, 6.45) is 0.102. The summed E-state index contributed by atoms with van der Waals surface area (Å²) in [7, 11) is 0. The molecule has 0 radical (unpaired) electrons. The molecular formula is C18H21ClN4O3. The molecule has 7 nitrogen and oxygen atoms in total. The molecule has 0 atom stereocenters. The van der Waals surface area contributed by atoms with Crippen LogP contribution >= 0.6 is 11.6 Å². The second-order valence-electron chi connectivity index (χ2n) is 7.16. The minimum absolute atomic E-state index is 0.247. The number of nitrogen functional groups attached to an aromatic ring is 1. The van der Waals surface area contributed by atoms with Gasteiger partial charge in [-0.2, -0.15) is 9.78 Å². The number of anilines is 1. The molecule has 138 valence electrons. The first-order chi connectivity index (χ1) is 12.2. The first-order valence-corrected chi connectivity index (χ1v) is 8.68. The van der Waals surface area contributed by atoms with Crippen LogP contribution in [0.2, 0.25) is 5.02 Å². The van der Waals surface area contributed by atoms with Crippen molar-refractivity contribution in [2.45, 2.75) is 39.3 Å². The van der Waals surface area contributed by atoms with Gasteiger partial charge < -0.3 is 15.4 Å². The SMILES string of the molecule is CC(C)(C)OC(=O)N1CCc2c(nn(C(=O)c3ccccc3Cl)c2N)C1. The van der Waals surface area contributed by atoms with Gasteiger partial charge in [0.1, 0.15) is 11.4 Å².